The second-order valence-corrected chi connectivity index (χ2v) is 8.13. The fraction of sp³-hybridized carbons (Fsp3) is 0.278. The molecule has 0 saturated carbocycles. The molecule has 0 amide bonds. The molecule has 25 heavy (non-hydrogen) atoms. The molecular formula is C18H18ClNO4S. The Morgan fingerprint density at radius 2 is 2.04 bits per heavy atom. The Kier molecular flexibility index (Phi) is 5.13. The summed E-state index contributed by atoms with van der Waals surface area (Å²) in [5, 5.41) is 0.424. The first-order valence-electron chi connectivity index (χ1n) is 7.84. The number of aryl methyl sites for hydroxylation is 1. The van der Waals surface area contributed by atoms with Gasteiger partial charge in [0.25, 0.3) is 0 Å². The topological polar surface area (TPSA) is 72.5 Å². The number of nitrogens with one attached hydrogen (secondary N) is 1. The predicted molar refractivity (Wildman–Crippen MR) is 96.1 cm³/mol. The first-order valence-corrected chi connectivity index (χ1v) is 9.87. The molecule has 0 saturated heterocycles. The maximum atomic E-state index is 12.5. The second kappa shape index (κ2) is 7.15. The lowest BCUT2D eigenvalue weighted by molar-refractivity contribution is 0.0600. The molecule has 7 heteroatoms. The molecule has 2 aromatic carbocycles. The largest absolute Gasteiger partial charge is 0.465 e. The molecule has 0 unspecified atom stereocenters. The molecule has 132 valence electrons. The van der Waals surface area contributed by atoms with E-state index in [-0.39, 0.29) is 11.8 Å². The summed E-state index contributed by atoms with van der Waals surface area (Å²) < 4.78 is 32.5. The summed E-state index contributed by atoms with van der Waals surface area (Å²) in [7, 11) is -2.25. The average molecular weight is 380 g/mol. The fourth-order valence-electron chi connectivity index (χ4n) is 3.05. The number of methoxy groups -OCH3 is 1. The van der Waals surface area contributed by atoms with Crippen molar-refractivity contribution in [3.8, 4) is 0 Å². The van der Waals surface area contributed by atoms with E-state index >= 15 is 0 Å². The molecule has 0 aromatic heterocycles. The van der Waals surface area contributed by atoms with E-state index in [1.807, 2.05) is 6.07 Å². The third-order valence-corrected chi connectivity index (χ3v) is 5.97. The van der Waals surface area contributed by atoms with Crippen molar-refractivity contribution >= 4 is 27.6 Å². The van der Waals surface area contributed by atoms with Crippen molar-refractivity contribution in [2.45, 2.75) is 24.6 Å². The Morgan fingerprint density at radius 1 is 1.28 bits per heavy atom. The quantitative estimate of drug-likeness (QED) is 0.809. The van der Waals surface area contributed by atoms with E-state index in [9.17, 15) is 13.2 Å². The number of rotatable bonds is 5. The molecule has 2 aromatic rings. The smallest absolute Gasteiger partial charge is 0.337 e. The Morgan fingerprint density at radius 3 is 2.76 bits per heavy atom. The second-order valence-electron chi connectivity index (χ2n) is 5.96. The lowest BCUT2D eigenvalue weighted by atomic mass is 10.0. The van der Waals surface area contributed by atoms with Gasteiger partial charge >= 0.3 is 5.97 Å². The molecular weight excluding hydrogens is 362 g/mol. The monoisotopic (exact) mass is 379 g/mol. The number of fused-ring (bicyclic) bond motifs is 1. The van der Waals surface area contributed by atoms with Crippen molar-refractivity contribution in [3.63, 3.8) is 0 Å². The van der Waals surface area contributed by atoms with Crippen molar-refractivity contribution in [2.75, 3.05) is 7.11 Å². The van der Waals surface area contributed by atoms with E-state index in [4.69, 9.17) is 16.3 Å². The molecule has 1 N–H and O–H groups in total. The molecule has 5 nitrogen and oxygen atoms in total. The van der Waals surface area contributed by atoms with E-state index in [2.05, 4.69) is 4.72 Å². The highest BCUT2D eigenvalue weighted by atomic mass is 35.5. The van der Waals surface area contributed by atoms with Crippen LogP contribution in [-0.2, 0) is 26.9 Å². The van der Waals surface area contributed by atoms with Gasteiger partial charge in [0.05, 0.1) is 18.4 Å². The number of sulfonamides is 1. The zero-order valence-corrected chi connectivity index (χ0v) is 15.2. The minimum absolute atomic E-state index is 0.185. The number of carbonyl (C=O) groups excluding carboxylic acids is 1. The normalized spacial score (nSPS) is 16.5. The molecule has 0 heterocycles. The third kappa shape index (κ3) is 4.03. The van der Waals surface area contributed by atoms with E-state index in [1.165, 1.54) is 7.11 Å². The van der Waals surface area contributed by atoms with Crippen LogP contribution in [0.3, 0.4) is 0 Å². The van der Waals surface area contributed by atoms with Gasteiger partial charge in [0.1, 0.15) is 0 Å². The Labute approximate surface area is 152 Å². The number of benzene rings is 2. The number of hydrogen-bond acceptors (Lipinski definition) is 4. The SMILES string of the molecule is COC(=O)c1ccc2c(c1)[C@H](NS(=O)(=O)Cc1ccccc1Cl)CC2. The number of esters is 1. The van der Waals surface area contributed by atoms with Crippen molar-refractivity contribution in [1.29, 1.82) is 0 Å². The molecule has 1 aliphatic rings. The Balaban J connectivity index is 1.81. The molecule has 0 spiro atoms. The lowest BCUT2D eigenvalue weighted by Crippen LogP contribution is -2.28. The number of carbonyl (C=O) groups is 1. The van der Waals surface area contributed by atoms with Gasteiger partial charge in [0, 0.05) is 11.1 Å². The molecule has 0 fully saturated rings. The van der Waals surface area contributed by atoms with Gasteiger partial charge in [-0.05, 0) is 47.7 Å². The van der Waals surface area contributed by atoms with Crippen molar-refractivity contribution in [3.05, 3.63) is 69.7 Å². The molecule has 3 rings (SSSR count). The highest BCUT2D eigenvalue weighted by Crippen LogP contribution is 2.33. The molecule has 0 bridgehead atoms. The lowest BCUT2D eigenvalue weighted by Gasteiger charge is -2.15. The predicted octanol–water partition coefficient (Wildman–Crippen LogP) is 3.23. The van der Waals surface area contributed by atoms with Gasteiger partial charge in [-0.3, -0.25) is 0 Å². The van der Waals surface area contributed by atoms with E-state index in [0.717, 1.165) is 17.5 Å². The van der Waals surface area contributed by atoms with Crippen LogP contribution < -0.4 is 4.72 Å². The van der Waals surface area contributed by atoms with Crippen LogP contribution in [-0.4, -0.2) is 21.5 Å². The maximum Gasteiger partial charge on any atom is 0.337 e. The van der Waals surface area contributed by atoms with Crippen LogP contribution in [0.4, 0.5) is 0 Å². The summed E-state index contributed by atoms with van der Waals surface area (Å²) in [4.78, 5) is 11.7. The van der Waals surface area contributed by atoms with Crippen molar-refractivity contribution in [2.24, 2.45) is 0 Å². The number of hydrogen-bond donors (Lipinski definition) is 1. The third-order valence-electron chi connectivity index (χ3n) is 4.27. The summed E-state index contributed by atoms with van der Waals surface area (Å²) in [5.41, 5.74) is 2.83. The minimum atomic E-state index is -3.57. The minimum Gasteiger partial charge on any atom is -0.465 e. The van der Waals surface area contributed by atoms with Gasteiger partial charge < -0.3 is 4.74 Å². The fourth-order valence-corrected chi connectivity index (χ4v) is 4.75. The first-order chi connectivity index (χ1) is 11.9. The summed E-state index contributed by atoms with van der Waals surface area (Å²) in [5.74, 6) is -0.623. The van der Waals surface area contributed by atoms with Crippen LogP contribution in [0.15, 0.2) is 42.5 Å². The van der Waals surface area contributed by atoms with Crippen molar-refractivity contribution < 1.29 is 17.9 Å². The van der Waals surface area contributed by atoms with Gasteiger partial charge in [-0.25, -0.2) is 17.9 Å². The van der Waals surface area contributed by atoms with E-state index in [1.54, 1.807) is 36.4 Å². The van der Waals surface area contributed by atoms with Gasteiger partial charge in [0.15, 0.2) is 0 Å². The number of ether oxygens (including phenoxy) is 1. The summed E-state index contributed by atoms with van der Waals surface area (Å²) in [6.07, 6.45) is 1.41. The molecule has 0 aliphatic heterocycles. The van der Waals surface area contributed by atoms with Crippen LogP contribution >= 0.6 is 11.6 Å². The molecule has 1 atom stereocenters. The van der Waals surface area contributed by atoms with Crippen molar-refractivity contribution in [1.82, 2.24) is 4.72 Å². The van der Waals surface area contributed by atoms with Gasteiger partial charge in [-0.1, -0.05) is 35.9 Å². The summed E-state index contributed by atoms with van der Waals surface area (Å²) >= 11 is 6.06. The highest BCUT2D eigenvalue weighted by molar-refractivity contribution is 7.88. The van der Waals surface area contributed by atoms with Gasteiger partial charge in [0.2, 0.25) is 10.0 Å². The summed E-state index contributed by atoms with van der Waals surface area (Å²) in [6, 6.07) is 11.8. The Hall–Kier alpha value is -1.89. The zero-order valence-electron chi connectivity index (χ0n) is 13.7. The maximum absolute atomic E-state index is 12.5. The van der Waals surface area contributed by atoms with Crippen LogP contribution in [0, 0.1) is 0 Å². The first kappa shape index (κ1) is 17.9. The molecule has 1 aliphatic carbocycles. The van der Waals surface area contributed by atoms with Crippen LogP contribution in [0.5, 0.6) is 0 Å². The van der Waals surface area contributed by atoms with E-state index < -0.39 is 16.0 Å². The van der Waals surface area contributed by atoms with Crippen LogP contribution in [0.1, 0.15) is 39.5 Å². The molecule has 0 radical (unpaired) electrons. The van der Waals surface area contributed by atoms with Crippen LogP contribution in [0.2, 0.25) is 5.02 Å². The van der Waals surface area contributed by atoms with Gasteiger partial charge in [-0.2, -0.15) is 0 Å². The number of halogens is 1. The zero-order chi connectivity index (χ0) is 18.0. The summed E-state index contributed by atoms with van der Waals surface area (Å²) in [6.45, 7) is 0. The highest BCUT2D eigenvalue weighted by Gasteiger charge is 2.28. The standard InChI is InChI=1S/C18H18ClNO4S/c1-24-18(21)13-7-6-12-8-9-17(15(12)10-13)20-25(22,23)11-14-4-2-3-5-16(14)19/h2-7,10,17,20H,8-9,11H2,1H3/t17-/m1/s1. The Bertz CT molecular complexity index is 911. The average Bonchev–Trinajstić information content (AvgIpc) is 2.97. The van der Waals surface area contributed by atoms with Gasteiger partial charge in [-0.15, -0.1) is 0 Å². The van der Waals surface area contributed by atoms with E-state index in [0.29, 0.717) is 22.6 Å². The van der Waals surface area contributed by atoms with Crippen LogP contribution in [0.25, 0.3) is 0 Å².